The van der Waals surface area contributed by atoms with E-state index in [2.05, 4.69) is 84.0 Å². The maximum absolute atomic E-state index is 13.5. The highest BCUT2D eigenvalue weighted by molar-refractivity contribution is 5.94. The summed E-state index contributed by atoms with van der Waals surface area (Å²) in [4.78, 5) is 18.0. The van der Waals surface area contributed by atoms with E-state index in [1.165, 1.54) is 29.7 Å². The first kappa shape index (κ1) is 26.7. The molecule has 0 saturated carbocycles. The third-order valence-corrected chi connectivity index (χ3v) is 7.92. The normalized spacial score (nSPS) is 21.1. The molecule has 0 radical (unpaired) electrons. The molecule has 0 bridgehead atoms. The Balaban J connectivity index is 1.20. The molecule has 0 unspecified atom stereocenters. The minimum absolute atomic E-state index is 0.0895. The number of benzene rings is 2. The second-order valence-electron chi connectivity index (χ2n) is 10.5. The summed E-state index contributed by atoms with van der Waals surface area (Å²) in [7, 11) is 1.66. The molecule has 1 fully saturated rings. The van der Waals surface area contributed by atoms with Crippen molar-refractivity contribution in [1.29, 1.82) is 0 Å². The molecule has 0 aliphatic carbocycles. The summed E-state index contributed by atoms with van der Waals surface area (Å²) in [5.74, 6) is 1.33. The fourth-order valence-electron chi connectivity index (χ4n) is 5.60. The van der Waals surface area contributed by atoms with Crippen molar-refractivity contribution in [2.75, 3.05) is 31.6 Å². The van der Waals surface area contributed by atoms with Crippen molar-refractivity contribution in [2.45, 2.75) is 52.0 Å². The number of nitrogens with zero attached hydrogens (tertiary/aromatic N) is 2. The van der Waals surface area contributed by atoms with E-state index in [1.54, 1.807) is 7.11 Å². The first-order chi connectivity index (χ1) is 19.1. The molecule has 39 heavy (non-hydrogen) atoms. The molecule has 0 spiro atoms. The first-order valence-corrected chi connectivity index (χ1v) is 14.1. The number of anilines is 1. The first-order valence-electron chi connectivity index (χ1n) is 14.1. The Morgan fingerprint density at radius 3 is 2.51 bits per heavy atom. The van der Waals surface area contributed by atoms with E-state index in [4.69, 9.17) is 4.74 Å². The zero-order valence-electron chi connectivity index (χ0n) is 23.4. The lowest BCUT2D eigenvalue weighted by Crippen LogP contribution is -2.37. The number of piperidine rings is 1. The maximum Gasteiger partial charge on any atom is 0.270 e. The van der Waals surface area contributed by atoms with Crippen LogP contribution in [-0.2, 0) is 16.1 Å². The van der Waals surface area contributed by atoms with Gasteiger partial charge >= 0.3 is 0 Å². The fraction of sp³-hybridized carbons (Fsp3) is 0.364. The number of ether oxygens (including phenoxy) is 1. The topological polar surface area (TPSA) is 56.8 Å². The fourth-order valence-corrected chi connectivity index (χ4v) is 5.60. The number of nitrogens with one attached hydrogen (secondary N) is 2. The quantitative estimate of drug-likeness (QED) is 0.476. The minimum atomic E-state index is -0.0895. The molecular formula is C33H40N4O2. The minimum Gasteiger partial charge on any atom is -0.497 e. The van der Waals surface area contributed by atoms with Gasteiger partial charge in [-0.15, -0.1) is 0 Å². The van der Waals surface area contributed by atoms with Gasteiger partial charge in [0, 0.05) is 55.5 Å². The van der Waals surface area contributed by atoms with Crippen molar-refractivity contribution in [3.05, 3.63) is 112 Å². The molecule has 3 aliphatic heterocycles. The van der Waals surface area contributed by atoms with E-state index in [0.29, 0.717) is 18.2 Å². The third kappa shape index (κ3) is 6.22. The van der Waals surface area contributed by atoms with Crippen molar-refractivity contribution >= 4 is 11.6 Å². The van der Waals surface area contributed by atoms with Crippen LogP contribution in [0.1, 0.15) is 55.2 Å². The number of hydrogen-bond donors (Lipinski definition) is 2. The summed E-state index contributed by atoms with van der Waals surface area (Å²) < 4.78 is 5.42. The number of rotatable bonds is 7. The van der Waals surface area contributed by atoms with E-state index >= 15 is 0 Å². The summed E-state index contributed by atoms with van der Waals surface area (Å²) in [5.41, 5.74) is 7.67. The lowest BCUT2D eigenvalue weighted by molar-refractivity contribution is -0.118. The van der Waals surface area contributed by atoms with Gasteiger partial charge in [-0.3, -0.25) is 4.79 Å². The number of aryl methyl sites for hydroxylation is 1. The summed E-state index contributed by atoms with van der Waals surface area (Å²) in [6.45, 7) is 7.62. The van der Waals surface area contributed by atoms with Gasteiger partial charge in [-0.2, -0.15) is 0 Å². The molecule has 1 saturated heterocycles. The number of carbonyl (C=O) groups is 1. The van der Waals surface area contributed by atoms with Crippen LogP contribution in [0.15, 0.2) is 95.8 Å². The van der Waals surface area contributed by atoms with Crippen molar-refractivity contribution in [3.8, 4) is 0 Å². The average Bonchev–Trinajstić information content (AvgIpc) is 2.97. The number of hydrogen-bond acceptors (Lipinski definition) is 5. The summed E-state index contributed by atoms with van der Waals surface area (Å²) in [6.07, 6.45) is 11.9. The Morgan fingerprint density at radius 2 is 1.82 bits per heavy atom. The lowest BCUT2D eigenvalue weighted by atomic mass is 9.89. The standard InChI is InChI=1S/C33H40N4O2/c1-4-31-32(37-21-17-30(39-3)22-29(37)6-5-18-34-31)33(38)35-23-25-9-13-28(14-10-25)36-19-15-27(16-20-36)26-11-7-24(2)8-12-26/h6-14,17,21-22,27,34H,4-5,15-16,18-20,23H2,1-3H3,(H,35,38)/b29-6+,32-31-. The van der Waals surface area contributed by atoms with Crippen molar-refractivity contribution in [3.63, 3.8) is 0 Å². The van der Waals surface area contributed by atoms with Gasteiger partial charge in [0.1, 0.15) is 11.5 Å². The highest BCUT2D eigenvalue weighted by atomic mass is 16.5. The molecule has 5 rings (SSSR count). The molecule has 2 N–H and O–H groups in total. The van der Waals surface area contributed by atoms with Crippen LogP contribution in [0, 0.1) is 6.92 Å². The van der Waals surface area contributed by atoms with Crippen LogP contribution in [-0.4, -0.2) is 37.6 Å². The van der Waals surface area contributed by atoms with E-state index in [9.17, 15) is 4.79 Å². The smallest absolute Gasteiger partial charge is 0.270 e. The monoisotopic (exact) mass is 524 g/mol. The molecule has 0 atom stereocenters. The van der Waals surface area contributed by atoms with Crippen LogP contribution in [0.3, 0.4) is 0 Å². The molecule has 1 amide bonds. The van der Waals surface area contributed by atoms with Crippen LogP contribution in [0.2, 0.25) is 0 Å². The number of allylic oxidation sites excluding steroid dienone is 3. The SMILES string of the molecule is CC/C1=C(\C(=O)NCc2ccc(N3CCC(c4ccc(C)cc4)CC3)cc2)N2C=CC(OC)=C/C2=C\CCN1. The largest absolute Gasteiger partial charge is 0.497 e. The summed E-state index contributed by atoms with van der Waals surface area (Å²) in [5, 5.41) is 6.62. The second kappa shape index (κ2) is 12.3. The van der Waals surface area contributed by atoms with Gasteiger partial charge in [-0.05, 0) is 67.9 Å². The van der Waals surface area contributed by atoms with Crippen molar-refractivity contribution in [1.82, 2.24) is 15.5 Å². The molecule has 3 heterocycles. The third-order valence-electron chi connectivity index (χ3n) is 7.92. The number of methoxy groups -OCH3 is 1. The van der Waals surface area contributed by atoms with Crippen LogP contribution in [0.4, 0.5) is 5.69 Å². The van der Waals surface area contributed by atoms with Gasteiger partial charge in [-0.1, -0.05) is 55.0 Å². The molecule has 2 aromatic carbocycles. The maximum atomic E-state index is 13.5. The summed E-state index contributed by atoms with van der Waals surface area (Å²) >= 11 is 0. The molecule has 2 aromatic rings. The van der Waals surface area contributed by atoms with E-state index in [-0.39, 0.29) is 5.91 Å². The number of amides is 1. The van der Waals surface area contributed by atoms with Gasteiger partial charge in [0.05, 0.1) is 7.11 Å². The zero-order chi connectivity index (χ0) is 27.2. The molecule has 3 aliphatic rings. The molecule has 6 heteroatoms. The van der Waals surface area contributed by atoms with Gasteiger partial charge in [-0.25, -0.2) is 0 Å². The van der Waals surface area contributed by atoms with Crippen LogP contribution < -0.4 is 15.5 Å². The molecule has 0 aromatic heterocycles. The Morgan fingerprint density at radius 1 is 1.08 bits per heavy atom. The molecule has 6 nitrogen and oxygen atoms in total. The van der Waals surface area contributed by atoms with Crippen molar-refractivity contribution < 1.29 is 9.53 Å². The number of carbonyl (C=O) groups excluding carboxylic acids is 1. The predicted molar refractivity (Wildman–Crippen MR) is 158 cm³/mol. The Kier molecular flexibility index (Phi) is 8.40. The predicted octanol–water partition coefficient (Wildman–Crippen LogP) is 5.85. The van der Waals surface area contributed by atoms with Gasteiger partial charge < -0.3 is 25.2 Å². The second-order valence-corrected chi connectivity index (χ2v) is 10.5. The van der Waals surface area contributed by atoms with Gasteiger partial charge in [0.15, 0.2) is 0 Å². The van der Waals surface area contributed by atoms with Gasteiger partial charge in [0.2, 0.25) is 0 Å². The highest BCUT2D eigenvalue weighted by Gasteiger charge is 2.26. The average molecular weight is 525 g/mol. The van der Waals surface area contributed by atoms with Crippen LogP contribution in [0.5, 0.6) is 0 Å². The Bertz CT molecular complexity index is 1280. The van der Waals surface area contributed by atoms with Crippen LogP contribution in [0.25, 0.3) is 0 Å². The van der Waals surface area contributed by atoms with Gasteiger partial charge in [0.25, 0.3) is 5.91 Å². The number of fused-ring (bicyclic) bond motifs is 1. The summed E-state index contributed by atoms with van der Waals surface area (Å²) in [6, 6.07) is 17.7. The molecular weight excluding hydrogens is 484 g/mol. The Hall–Kier alpha value is -3.93. The van der Waals surface area contributed by atoms with E-state index < -0.39 is 0 Å². The van der Waals surface area contributed by atoms with Crippen LogP contribution >= 0.6 is 0 Å². The lowest BCUT2D eigenvalue weighted by Gasteiger charge is -2.34. The van der Waals surface area contributed by atoms with E-state index in [0.717, 1.165) is 55.2 Å². The Labute approximate surface area is 232 Å². The van der Waals surface area contributed by atoms with Crippen molar-refractivity contribution in [2.24, 2.45) is 0 Å². The molecule has 204 valence electrons. The van der Waals surface area contributed by atoms with E-state index in [1.807, 2.05) is 23.3 Å². The zero-order valence-corrected chi connectivity index (χ0v) is 23.4. The highest BCUT2D eigenvalue weighted by Crippen LogP contribution is 2.31.